The zero-order chi connectivity index (χ0) is 24.1. The van der Waals surface area contributed by atoms with E-state index in [4.69, 9.17) is 14.2 Å². The van der Waals surface area contributed by atoms with E-state index in [2.05, 4.69) is 10.6 Å². The van der Waals surface area contributed by atoms with Crippen molar-refractivity contribution >= 4 is 46.6 Å². The van der Waals surface area contributed by atoms with Gasteiger partial charge in [-0.3, -0.25) is 24.0 Å². The van der Waals surface area contributed by atoms with Gasteiger partial charge in [-0.1, -0.05) is 25.6 Å². The maximum Gasteiger partial charge on any atom is 0.509 e. The minimum absolute atomic E-state index is 0.00823. The normalized spacial score (nSPS) is 16.8. The molecule has 1 atom stereocenters. The smallest absolute Gasteiger partial charge is 0.466 e. The largest absolute Gasteiger partial charge is 0.509 e. The van der Waals surface area contributed by atoms with E-state index in [-0.39, 0.29) is 74.5 Å². The third-order valence-corrected chi connectivity index (χ3v) is 5.19. The number of ketones is 1. The predicted molar refractivity (Wildman–Crippen MR) is 114 cm³/mol. The van der Waals surface area contributed by atoms with Gasteiger partial charge >= 0.3 is 12.1 Å². The lowest BCUT2D eigenvalue weighted by molar-refractivity contribution is -0.149. The summed E-state index contributed by atoms with van der Waals surface area (Å²) in [6.07, 6.45) is -2.28. The van der Waals surface area contributed by atoms with E-state index in [9.17, 15) is 28.8 Å². The average molecular weight is 475 g/mol. The molecule has 1 aliphatic rings. The van der Waals surface area contributed by atoms with Gasteiger partial charge in [-0.2, -0.15) is 0 Å². The zero-order valence-electron chi connectivity index (χ0n) is 18.5. The SMILES string of the molecule is CCOC(=O)CCC(=O)CC(=O)SCCNC(=O)CCNC(=O)[C@@H]1OC(=O)OCC1(C)C. The van der Waals surface area contributed by atoms with Crippen LogP contribution in [0.1, 0.15) is 46.5 Å². The molecule has 1 aliphatic heterocycles. The van der Waals surface area contributed by atoms with Crippen LogP contribution < -0.4 is 10.6 Å². The summed E-state index contributed by atoms with van der Waals surface area (Å²) in [5.74, 6) is -1.36. The number of ether oxygens (including phenoxy) is 3. The van der Waals surface area contributed by atoms with Crippen LogP contribution in [0.2, 0.25) is 0 Å². The number of hydrogen-bond acceptors (Lipinski definition) is 10. The minimum atomic E-state index is -1.01. The molecular formula is C20H30N2O9S. The Morgan fingerprint density at radius 1 is 1.09 bits per heavy atom. The van der Waals surface area contributed by atoms with Crippen LogP contribution in [0.3, 0.4) is 0 Å². The number of carbonyl (C=O) groups is 6. The first-order valence-electron chi connectivity index (χ1n) is 10.3. The van der Waals surface area contributed by atoms with E-state index in [1.165, 1.54) is 0 Å². The number of nitrogens with one attached hydrogen (secondary N) is 2. The number of rotatable bonds is 13. The molecule has 1 rings (SSSR count). The summed E-state index contributed by atoms with van der Waals surface area (Å²) in [6, 6.07) is 0. The number of esters is 1. The maximum atomic E-state index is 12.2. The highest BCUT2D eigenvalue weighted by Crippen LogP contribution is 2.28. The Balaban J connectivity index is 2.15. The highest BCUT2D eigenvalue weighted by molar-refractivity contribution is 8.13. The Labute approximate surface area is 190 Å². The Morgan fingerprint density at radius 3 is 2.50 bits per heavy atom. The second kappa shape index (κ2) is 13.7. The van der Waals surface area contributed by atoms with E-state index < -0.39 is 29.6 Å². The van der Waals surface area contributed by atoms with Gasteiger partial charge in [0.1, 0.15) is 12.4 Å². The third-order valence-electron chi connectivity index (χ3n) is 4.32. The van der Waals surface area contributed by atoms with E-state index in [0.717, 1.165) is 11.8 Å². The number of amides is 2. The Kier molecular flexibility index (Phi) is 11.7. The Hall–Kier alpha value is -2.63. The zero-order valence-corrected chi connectivity index (χ0v) is 19.3. The first-order valence-corrected chi connectivity index (χ1v) is 11.2. The Bertz CT molecular complexity index is 724. The van der Waals surface area contributed by atoms with Crippen molar-refractivity contribution in [1.29, 1.82) is 0 Å². The molecule has 11 nitrogen and oxygen atoms in total. The first kappa shape index (κ1) is 27.4. The molecule has 0 spiro atoms. The van der Waals surface area contributed by atoms with Gasteiger partial charge in [-0.15, -0.1) is 0 Å². The summed E-state index contributed by atoms with van der Waals surface area (Å²) < 4.78 is 14.4. The fourth-order valence-electron chi connectivity index (χ4n) is 2.63. The second-order valence-corrected chi connectivity index (χ2v) is 8.81. The fourth-order valence-corrected chi connectivity index (χ4v) is 3.32. The van der Waals surface area contributed by atoms with Gasteiger partial charge < -0.3 is 24.8 Å². The first-order chi connectivity index (χ1) is 15.0. The molecule has 1 saturated heterocycles. The van der Waals surface area contributed by atoms with Gasteiger partial charge in [0.05, 0.1) is 19.4 Å². The van der Waals surface area contributed by atoms with Crippen molar-refractivity contribution in [3.8, 4) is 0 Å². The monoisotopic (exact) mass is 474 g/mol. The topological polar surface area (TPSA) is 154 Å². The highest BCUT2D eigenvalue weighted by atomic mass is 32.2. The van der Waals surface area contributed by atoms with Crippen LogP contribution in [0.5, 0.6) is 0 Å². The van der Waals surface area contributed by atoms with E-state index >= 15 is 0 Å². The molecule has 1 heterocycles. The molecule has 0 aliphatic carbocycles. The minimum Gasteiger partial charge on any atom is -0.466 e. The van der Waals surface area contributed by atoms with Crippen LogP contribution in [-0.2, 0) is 38.2 Å². The van der Waals surface area contributed by atoms with Gasteiger partial charge in [0.2, 0.25) is 5.91 Å². The standard InChI is InChI=1S/C20H30N2O9S/c1-4-29-15(25)6-5-13(23)11-16(26)32-10-9-21-14(24)7-8-22-18(27)17-20(2,3)12-30-19(28)31-17/h17H,4-12H2,1-3H3,(H,21,24)(H,22,27)/t17-/m0/s1. The summed E-state index contributed by atoms with van der Waals surface area (Å²) in [5, 5.41) is 4.82. The summed E-state index contributed by atoms with van der Waals surface area (Å²) in [7, 11) is 0. The van der Waals surface area contributed by atoms with E-state index in [1.807, 2.05) is 0 Å². The molecule has 0 saturated carbocycles. The van der Waals surface area contributed by atoms with Gasteiger partial charge in [0.15, 0.2) is 11.2 Å². The number of hydrogen-bond donors (Lipinski definition) is 2. The summed E-state index contributed by atoms with van der Waals surface area (Å²) in [5.41, 5.74) is -0.690. The van der Waals surface area contributed by atoms with Crippen LogP contribution in [0.25, 0.3) is 0 Å². The lowest BCUT2D eigenvalue weighted by Gasteiger charge is -2.35. The molecular weight excluding hydrogens is 444 g/mol. The highest BCUT2D eigenvalue weighted by Gasteiger charge is 2.43. The van der Waals surface area contributed by atoms with Crippen molar-refractivity contribution in [3.05, 3.63) is 0 Å². The van der Waals surface area contributed by atoms with Crippen molar-refractivity contribution in [3.63, 3.8) is 0 Å². The lowest BCUT2D eigenvalue weighted by Crippen LogP contribution is -2.52. The quantitative estimate of drug-likeness (QED) is 0.222. The van der Waals surface area contributed by atoms with Crippen molar-refractivity contribution < 1.29 is 43.0 Å². The van der Waals surface area contributed by atoms with Crippen molar-refractivity contribution in [2.24, 2.45) is 5.41 Å². The van der Waals surface area contributed by atoms with Crippen LogP contribution in [0, 0.1) is 5.41 Å². The number of Topliss-reactive ketones (excluding diaryl/α,β-unsaturated/α-hetero) is 1. The predicted octanol–water partition coefficient (Wildman–Crippen LogP) is 0.733. The molecule has 0 aromatic heterocycles. The third kappa shape index (κ3) is 10.6. The van der Waals surface area contributed by atoms with Crippen molar-refractivity contribution in [2.45, 2.75) is 52.6 Å². The number of thioether (sulfide) groups is 1. The van der Waals surface area contributed by atoms with E-state index in [1.54, 1.807) is 20.8 Å². The molecule has 0 bridgehead atoms. The number of carbonyl (C=O) groups excluding carboxylic acids is 6. The summed E-state index contributed by atoms with van der Waals surface area (Å²) in [6.45, 7) is 5.68. The second-order valence-electron chi connectivity index (χ2n) is 7.66. The molecule has 2 amide bonds. The molecule has 0 radical (unpaired) electrons. The lowest BCUT2D eigenvalue weighted by atomic mass is 9.86. The summed E-state index contributed by atoms with van der Waals surface area (Å²) in [4.78, 5) is 69.9. The molecule has 2 N–H and O–H groups in total. The van der Waals surface area contributed by atoms with Crippen LogP contribution in [0.15, 0.2) is 0 Å². The molecule has 0 unspecified atom stereocenters. The van der Waals surface area contributed by atoms with Crippen molar-refractivity contribution in [1.82, 2.24) is 10.6 Å². The number of cyclic esters (lactones) is 2. The van der Waals surface area contributed by atoms with E-state index in [0.29, 0.717) is 0 Å². The maximum absolute atomic E-state index is 12.2. The van der Waals surface area contributed by atoms with Gasteiger partial charge in [0.25, 0.3) is 5.91 Å². The summed E-state index contributed by atoms with van der Waals surface area (Å²) >= 11 is 0.918. The molecule has 32 heavy (non-hydrogen) atoms. The Morgan fingerprint density at radius 2 is 1.81 bits per heavy atom. The van der Waals surface area contributed by atoms with Crippen LogP contribution in [-0.4, -0.2) is 73.0 Å². The van der Waals surface area contributed by atoms with Gasteiger partial charge in [0, 0.05) is 37.1 Å². The van der Waals surface area contributed by atoms with Crippen molar-refractivity contribution in [2.75, 3.05) is 32.1 Å². The van der Waals surface area contributed by atoms with Gasteiger partial charge in [-0.25, -0.2) is 4.79 Å². The molecule has 12 heteroatoms. The molecule has 0 aromatic carbocycles. The van der Waals surface area contributed by atoms with Crippen LogP contribution in [0.4, 0.5) is 4.79 Å². The molecule has 180 valence electrons. The average Bonchev–Trinajstić information content (AvgIpc) is 2.71. The molecule has 1 fully saturated rings. The fraction of sp³-hybridized carbons (Fsp3) is 0.700. The van der Waals surface area contributed by atoms with Gasteiger partial charge in [-0.05, 0) is 6.92 Å². The van der Waals surface area contributed by atoms with Crippen LogP contribution >= 0.6 is 11.8 Å². The molecule has 0 aromatic rings.